The predicted molar refractivity (Wildman–Crippen MR) is 170 cm³/mol. The van der Waals surface area contributed by atoms with E-state index >= 15 is 0 Å². The Labute approximate surface area is 263 Å². The van der Waals surface area contributed by atoms with Gasteiger partial charge in [-0.2, -0.15) is 0 Å². The van der Waals surface area contributed by atoms with Gasteiger partial charge < -0.3 is 17.7 Å². The largest absolute Gasteiger partial charge is 0.679 e. The normalized spacial score (nSPS) is 15.9. The summed E-state index contributed by atoms with van der Waals surface area (Å²) in [5.41, 5.74) is 3.59. The van der Waals surface area contributed by atoms with Gasteiger partial charge in [0, 0.05) is 0 Å². The van der Waals surface area contributed by atoms with Crippen LogP contribution >= 0.6 is 46.4 Å². The summed E-state index contributed by atoms with van der Waals surface area (Å²) >= 11 is 27.0. The van der Waals surface area contributed by atoms with Crippen molar-refractivity contribution in [2.75, 3.05) is 26.4 Å². The third kappa shape index (κ3) is 10.1. The van der Waals surface area contributed by atoms with E-state index in [0.29, 0.717) is 0 Å². The average molecular weight is 651 g/mol. The first-order valence-corrected chi connectivity index (χ1v) is 16.7. The van der Waals surface area contributed by atoms with Gasteiger partial charge in [0.1, 0.15) is 0 Å². The van der Waals surface area contributed by atoms with Gasteiger partial charge in [0.05, 0.1) is 47.9 Å². The van der Waals surface area contributed by atoms with Gasteiger partial charge in [0.15, 0.2) is 0 Å². The van der Waals surface area contributed by atoms with E-state index in [-0.39, 0.29) is 26.4 Å². The smallest absolute Gasteiger partial charge is 0.349 e. The Bertz CT molecular complexity index is 1070. The summed E-state index contributed by atoms with van der Waals surface area (Å²) < 4.78 is 25.5. The van der Waals surface area contributed by atoms with Crippen LogP contribution in [0, 0.1) is 0 Å². The van der Waals surface area contributed by atoms with Crippen molar-refractivity contribution in [2.24, 2.45) is 0 Å². The molecule has 0 aliphatic rings. The fourth-order valence-electron chi connectivity index (χ4n) is 3.98. The van der Waals surface area contributed by atoms with Crippen LogP contribution in [0.5, 0.6) is 0 Å². The molecule has 0 heterocycles. The van der Waals surface area contributed by atoms with Crippen molar-refractivity contribution < 1.29 is 17.7 Å². The first kappa shape index (κ1) is 32.0. The molecule has 0 aromatic heterocycles. The average Bonchev–Trinajstić information content (AvgIpc) is 3.05. The fraction of sp³-hybridized carbons (Fsp3) is 0.250. The van der Waals surface area contributed by atoms with E-state index in [2.05, 4.69) is 0 Å². The molecule has 0 saturated heterocycles. The van der Waals surface area contributed by atoms with Gasteiger partial charge in [-0.1, -0.05) is 121 Å². The maximum atomic E-state index is 6.74. The lowest BCUT2D eigenvalue weighted by Gasteiger charge is -2.31. The first-order chi connectivity index (χ1) is 20.0. The first-order valence-electron chi connectivity index (χ1n) is 13.3. The standard InChI is InChI=1S/C32H32Cl4O4Si/c33-29(25-13-5-1-6-14-25)21-37-41(38-22-30(34)26-15-7-2-8-16-26,39-23-31(35)27-17-9-3-10-18-27)40-24-32(36)28-19-11-4-12-20-28/h1-20,29-32H,21-24H2. The second-order valence-corrected chi connectivity index (χ2v) is 13.5. The zero-order chi connectivity index (χ0) is 28.9. The summed E-state index contributed by atoms with van der Waals surface area (Å²) in [6, 6.07) is 38.6. The van der Waals surface area contributed by atoms with Crippen LogP contribution in [0.25, 0.3) is 0 Å². The number of hydrogen-bond acceptors (Lipinski definition) is 4. The third-order valence-electron chi connectivity index (χ3n) is 6.27. The zero-order valence-electron chi connectivity index (χ0n) is 22.3. The van der Waals surface area contributed by atoms with Crippen molar-refractivity contribution in [2.45, 2.75) is 21.5 Å². The molecular formula is C32H32Cl4O4Si. The van der Waals surface area contributed by atoms with Crippen molar-refractivity contribution in [3.8, 4) is 0 Å². The molecule has 4 nitrogen and oxygen atoms in total. The van der Waals surface area contributed by atoms with E-state index in [1.54, 1.807) is 0 Å². The fourth-order valence-corrected chi connectivity index (χ4v) is 7.22. The topological polar surface area (TPSA) is 36.9 Å². The zero-order valence-corrected chi connectivity index (χ0v) is 26.4. The minimum absolute atomic E-state index is 0.0761. The maximum absolute atomic E-state index is 6.74. The number of benzene rings is 4. The van der Waals surface area contributed by atoms with Crippen LogP contribution in [-0.2, 0) is 17.7 Å². The Balaban J connectivity index is 1.56. The van der Waals surface area contributed by atoms with Gasteiger partial charge in [0.25, 0.3) is 0 Å². The Morgan fingerprint density at radius 2 is 0.561 bits per heavy atom. The van der Waals surface area contributed by atoms with Crippen molar-refractivity contribution in [3.63, 3.8) is 0 Å². The lowest BCUT2D eigenvalue weighted by Crippen LogP contribution is -2.51. The number of hydrogen-bond donors (Lipinski definition) is 0. The highest BCUT2D eigenvalue weighted by molar-refractivity contribution is 6.53. The quantitative estimate of drug-likeness (QED) is 0.0895. The minimum atomic E-state index is -3.92. The minimum Gasteiger partial charge on any atom is -0.349 e. The lowest BCUT2D eigenvalue weighted by molar-refractivity contribution is -0.0351. The summed E-state index contributed by atoms with van der Waals surface area (Å²) in [4.78, 5) is 0. The van der Waals surface area contributed by atoms with Gasteiger partial charge >= 0.3 is 9.05 Å². The molecule has 0 fully saturated rings. The van der Waals surface area contributed by atoms with Crippen LogP contribution in [0.1, 0.15) is 43.8 Å². The van der Waals surface area contributed by atoms with E-state index in [0.717, 1.165) is 22.3 Å². The molecule has 0 spiro atoms. The molecule has 4 aromatic rings. The molecule has 4 unspecified atom stereocenters. The van der Waals surface area contributed by atoms with Crippen molar-refractivity contribution in [1.29, 1.82) is 0 Å². The van der Waals surface area contributed by atoms with Gasteiger partial charge in [0.2, 0.25) is 0 Å². The van der Waals surface area contributed by atoms with Gasteiger partial charge in [-0.05, 0) is 22.3 Å². The molecule has 9 heteroatoms. The van der Waals surface area contributed by atoms with Gasteiger partial charge in [-0.25, -0.2) is 0 Å². The monoisotopic (exact) mass is 648 g/mol. The Morgan fingerprint density at radius 3 is 0.756 bits per heavy atom. The van der Waals surface area contributed by atoms with Crippen LogP contribution in [0.3, 0.4) is 0 Å². The second-order valence-electron chi connectivity index (χ2n) is 9.26. The molecular weight excluding hydrogens is 618 g/mol. The van der Waals surface area contributed by atoms with Gasteiger partial charge in [-0.15, -0.1) is 46.4 Å². The van der Waals surface area contributed by atoms with Crippen LogP contribution in [0.2, 0.25) is 0 Å². The van der Waals surface area contributed by atoms with Crippen molar-refractivity contribution >= 4 is 55.5 Å². The summed E-state index contributed by atoms with van der Waals surface area (Å²) in [6.45, 7) is 0.304. The Morgan fingerprint density at radius 1 is 0.366 bits per heavy atom. The molecule has 4 atom stereocenters. The van der Waals surface area contributed by atoms with Crippen LogP contribution < -0.4 is 0 Å². The second kappa shape index (κ2) is 16.7. The van der Waals surface area contributed by atoms with Gasteiger partial charge in [-0.3, -0.25) is 0 Å². The van der Waals surface area contributed by atoms with Crippen LogP contribution in [-0.4, -0.2) is 35.5 Å². The Hall–Kier alpha value is -1.90. The van der Waals surface area contributed by atoms with E-state index < -0.39 is 30.6 Å². The van der Waals surface area contributed by atoms with Crippen LogP contribution in [0.4, 0.5) is 0 Å². The molecule has 0 aliphatic carbocycles. The SMILES string of the molecule is ClC(CO[Si](OCC(Cl)c1ccccc1)(OCC(Cl)c1ccccc1)OCC(Cl)c1ccccc1)c1ccccc1. The molecule has 4 aromatic carbocycles. The number of halogens is 4. The molecule has 216 valence electrons. The summed E-state index contributed by atoms with van der Waals surface area (Å²) in [5.74, 6) is 0. The number of alkyl halides is 4. The molecule has 4 rings (SSSR count). The summed E-state index contributed by atoms with van der Waals surface area (Å²) in [5, 5.41) is -1.88. The molecule has 0 radical (unpaired) electrons. The highest BCUT2D eigenvalue weighted by atomic mass is 35.5. The molecule has 0 aliphatic heterocycles. The molecule has 0 bridgehead atoms. The van der Waals surface area contributed by atoms with Crippen molar-refractivity contribution in [1.82, 2.24) is 0 Å². The highest BCUT2D eigenvalue weighted by Crippen LogP contribution is 2.30. The predicted octanol–water partition coefficient (Wildman–Crippen LogP) is 9.41. The lowest BCUT2D eigenvalue weighted by atomic mass is 10.2. The summed E-state index contributed by atoms with van der Waals surface area (Å²) in [7, 11) is -3.92. The molecule has 41 heavy (non-hydrogen) atoms. The van der Waals surface area contributed by atoms with E-state index in [4.69, 9.17) is 64.1 Å². The Kier molecular flexibility index (Phi) is 13.0. The third-order valence-corrected chi connectivity index (χ3v) is 9.86. The summed E-state index contributed by atoms with van der Waals surface area (Å²) in [6.07, 6.45) is 0. The van der Waals surface area contributed by atoms with E-state index in [9.17, 15) is 0 Å². The molecule has 0 N–H and O–H groups in total. The highest BCUT2D eigenvalue weighted by Gasteiger charge is 2.48. The van der Waals surface area contributed by atoms with E-state index in [1.165, 1.54) is 0 Å². The molecule has 0 saturated carbocycles. The maximum Gasteiger partial charge on any atom is 0.679 e. The van der Waals surface area contributed by atoms with E-state index in [1.807, 2.05) is 121 Å². The molecule has 0 amide bonds. The van der Waals surface area contributed by atoms with Crippen molar-refractivity contribution in [3.05, 3.63) is 144 Å². The van der Waals surface area contributed by atoms with Crippen LogP contribution in [0.15, 0.2) is 121 Å². The number of rotatable bonds is 16.